The van der Waals surface area contributed by atoms with Gasteiger partial charge in [0.15, 0.2) is 0 Å². The standard InChI is InChI=1S/C15H21NO3/c1-15(2,3)19-14(18)16-8-11-6-4-5-7-13(11)12(9-16)10-17/h4-7,12,17H,8-10H2,1-3H3. The number of aliphatic hydroxyl groups is 1. The Morgan fingerprint density at radius 2 is 2.11 bits per heavy atom. The van der Waals surface area contributed by atoms with Gasteiger partial charge in [0.25, 0.3) is 0 Å². The van der Waals surface area contributed by atoms with Gasteiger partial charge in [0, 0.05) is 19.0 Å². The molecule has 0 aliphatic carbocycles. The summed E-state index contributed by atoms with van der Waals surface area (Å²) in [6.07, 6.45) is -0.319. The van der Waals surface area contributed by atoms with Gasteiger partial charge in [-0.2, -0.15) is 0 Å². The second-order valence-electron chi connectivity index (χ2n) is 5.94. The van der Waals surface area contributed by atoms with Crippen molar-refractivity contribution >= 4 is 6.09 Å². The van der Waals surface area contributed by atoms with Gasteiger partial charge in [0.1, 0.15) is 5.60 Å². The van der Waals surface area contributed by atoms with Crippen molar-refractivity contribution in [2.24, 2.45) is 0 Å². The fourth-order valence-corrected chi connectivity index (χ4v) is 2.33. The molecule has 4 nitrogen and oxygen atoms in total. The van der Waals surface area contributed by atoms with Crippen LogP contribution in [-0.4, -0.2) is 34.9 Å². The van der Waals surface area contributed by atoms with Crippen LogP contribution in [-0.2, 0) is 11.3 Å². The number of carbonyl (C=O) groups is 1. The SMILES string of the molecule is CC(C)(C)OC(=O)N1Cc2ccccc2C(CO)C1. The van der Waals surface area contributed by atoms with Crippen LogP contribution in [0.3, 0.4) is 0 Å². The molecule has 1 aromatic carbocycles. The molecular weight excluding hydrogens is 242 g/mol. The first-order chi connectivity index (χ1) is 8.90. The molecular formula is C15H21NO3. The van der Waals surface area contributed by atoms with Crippen molar-refractivity contribution < 1.29 is 14.6 Å². The number of carbonyl (C=O) groups excluding carboxylic acids is 1. The first kappa shape index (κ1) is 13.9. The van der Waals surface area contributed by atoms with Gasteiger partial charge in [-0.3, -0.25) is 0 Å². The summed E-state index contributed by atoms with van der Waals surface area (Å²) in [4.78, 5) is 13.8. The molecule has 0 bridgehead atoms. The molecule has 1 heterocycles. The van der Waals surface area contributed by atoms with Gasteiger partial charge in [-0.25, -0.2) is 4.79 Å². The smallest absolute Gasteiger partial charge is 0.410 e. The summed E-state index contributed by atoms with van der Waals surface area (Å²) in [5, 5.41) is 9.49. The van der Waals surface area contributed by atoms with Gasteiger partial charge in [0.2, 0.25) is 0 Å². The Hall–Kier alpha value is -1.55. The number of nitrogens with zero attached hydrogens (tertiary/aromatic N) is 1. The third kappa shape index (κ3) is 3.26. The highest BCUT2D eigenvalue weighted by molar-refractivity contribution is 5.69. The summed E-state index contributed by atoms with van der Waals surface area (Å²) in [6.45, 7) is 6.64. The van der Waals surface area contributed by atoms with Gasteiger partial charge in [-0.05, 0) is 31.9 Å². The zero-order valence-electron chi connectivity index (χ0n) is 11.7. The third-order valence-corrected chi connectivity index (χ3v) is 3.17. The molecule has 1 unspecified atom stereocenters. The molecule has 0 saturated heterocycles. The van der Waals surface area contributed by atoms with Crippen molar-refractivity contribution in [3.8, 4) is 0 Å². The Labute approximate surface area is 114 Å². The zero-order chi connectivity index (χ0) is 14.0. The number of ether oxygens (including phenoxy) is 1. The first-order valence-corrected chi connectivity index (χ1v) is 6.57. The molecule has 1 N–H and O–H groups in total. The zero-order valence-corrected chi connectivity index (χ0v) is 11.7. The lowest BCUT2D eigenvalue weighted by Gasteiger charge is -2.35. The van der Waals surface area contributed by atoms with Crippen molar-refractivity contribution in [2.45, 2.75) is 38.8 Å². The minimum atomic E-state index is -0.497. The summed E-state index contributed by atoms with van der Waals surface area (Å²) >= 11 is 0. The number of hydrogen-bond acceptors (Lipinski definition) is 3. The molecule has 1 amide bonds. The Kier molecular flexibility index (Phi) is 3.80. The Morgan fingerprint density at radius 3 is 2.74 bits per heavy atom. The van der Waals surface area contributed by atoms with E-state index in [1.165, 1.54) is 0 Å². The average Bonchev–Trinajstić information content (AvgIpc) is 2.35. The van der Waals surface area contributed by atoms with Crippen molar-refractivity contribution in [3.05, 3.63) is 35.4 Å². The van der Waals surface area contributed by atoms with Crippen molar-refractivity contribution in [2.75, 3.05) is 13.2 Å². The van der Waals surface area contributed by atoms with E-state index in [0.29, 0.717) is 13.1 Å². The second kappa shape index (κ2) is 5.21. The van der Waals surface area contributed by atoms with E-state index in [9.17, 15) is 9.90 Å². The van der Waals surface area contributed by atoms with Crippen LogP contribution >= 0.6 is 0 Å². The molecule has 19 heavy (non-hydrogen) atoms. The molecule has 0 aromatic heterocycles. The van der Waals surface area contributed by atoms with Crippen LogP contribution in [0.25, 0.3) is 0 Å². The van der Waals surface area contributed by atoms with Crippen LogP contribution in [0.4, 0.5) is 4.79 Å². The minimum Gasteiger partial charge on any atom is -0.444 e. The Bertz CT molecular complexity index is 465. The van der Waals surface area contributed by atoms with Gasteiger partial charge in [-0.15, -0.1) is 0 Å². The van der Waals surface area contributed by atoms with E-state index in [0.717, 1.165) is 11.1 Å². The van der Waals surface area contributed by atoms with Crippen LogP contribution in [0.15, 0.2) is 24.3 Å². The summed E-state index contributed by atoms with van der Waals surface area (Å²) in [7, 11) is 0. The van der Waals surface area contributed by atoms with Crippen LogP contribution < -0.4 is 0 Å². The Balaban J connectivity index is 2.17. The molecule has 2 rings (SSSR count). The fraction of sp³-hybridized carbons (Fsp3) is 0.533. The predicted octanol–water partition coefficient (Wildman–Crippen LogP) is 2.51. The topological polar surface area (TPSA) is 49.8 Å². The molecule has 1 aliphatic rings. The monoisotopic (exact) mass is 263 g/mol. The number of hydrogen-bond donors (Lipinski definition) is 1. The van der Waals surface area contributed by atoms with Crippen molar-refractivity contribution in [1.29, 1.82) is 0 Å². The lowest BCUT2D eigenvalue weighted by Crippen LogP contribution is -2.42. The molecule has 1 aromatic rings. The van der Waals surface area contributed by atoms with Crippen LogP contribution in [0.5, 0.6) is 0 Å². The van der Waals surface area contributed by atoms with Gasteiger partial charge in [0.05, 0.1) is 6.61 Å². The maximum atomic E-state index is 12.1. The van der Waals surface area contributed by atoms with E-state index in [1.807, 2.05) is 45.0 Å². The molecule has 104 valence electrons. The van der Waals surface area contributed by atoms with E-state index in [-0.39, 0.29) is 18.6 Å². The highest BCUT2D eigenvalue weighted by Crippen LogP contribution is 2.28. The molecule has 4 heteroatoms. The van der Waals surface area contributed by atoms with Gasteiger partial charge >= 0.3 is 6.09 Å². The van der Waals surface area contributed by atoms with Gasteiger partial charge in [-0.1, -0.05) is 24.3 Å². The van der Waals surface area contributed by atoms with Crippen molar-refractivity contribution in [1.82, 2.24) is 4.90 Å². The number of amides is 1. The maximum absolute atomic E-state index is 12.1. The van der Waals surface area contributed by atoms with E-state index in [1.54, 1.807) is 4.90 Å². The lowest BCUT2D eigenvalue weighted by molar-refractivity contribution is 0.0190. The Morgan fingerprint density at radius 1 is 1.42 bits per heavy atom. The molecule has 0 spiro atoms. The molecule has 0 fully saturated rings. The normalized spacial score (nSPS) is 18.9. The number of fused-ring (bicyclic) bond motifs is 1. The molecule has 1 atom stereocenters. The number of benzene rings is 1. The van der Waals surface area contributed by atoms with E-state index >= 15 is 0 Å². The molecule has 1 aliphatic heterocycles. The molecule has 0 saturated carbocycles. The van der Waals surface area contributed by atoms with Crippen LogP contribution in [0.1, 0.15) is 37.8 Å². The quantitative estimate of drug-likeness (QED) is 0.847. The van der Waals surface area contributed by atoms with Crippen LogP contribution in [0, 0.1) is 0 Å². The van der Waals surface area contributed by atoms with Gasteiger partial charge < -0.3 is 14.7 Å². The lowest BCUT2D eigenvalue weighted by atomic mass is 9.90. The third-order valence-electron chi connectivity index (χ3n) is 3.17. The maximum Gasteiger partial charge on any atom is 0.410 e. The van der Waals surface area contributed by atoms with E-state index < -0.39 is 5.60 Å². The summed E-state index contributed by atoms with van der Waals surface area (Å²) in [5.41, 5.74) is 1.71. The van der Waals surface area contributed by atoms with Crippen LogP contribution in [0.2, 0.25) is 0 Å². The number of aliphatic hydroxyl groups excluding tert-OH is 1. The summed E-state index contributed by atoms with van der Waals surface area (Å²) in [6, 6.07) is 7.92. The highest BCUT2D eigenvalue weighted by Gasteiger charge is 2.30. The highest BCUT2D eigenvalue weighted by atomic mass is 16.6. The first-order valence-electron chi connectivity index (χ1n) is 6.57. The van der Waals surface area contributed by atoms with Crippen molar-refractivity contribution in [3.63, 3.8) is 0 Å². The predicted molar refractivity (Wildman–Crippen MR) is 72.9 cm³/mol. The largest absolute Gasteiger partial charge is 0.444 e. The average molecular weight is 263 g/mol. The minimum absolute atomic E-state index is 0.0301. The number of rotatable bonds is 1. The summed E-state index contributed by atoms with van der Waals surface area (Å²) in [5.74, 6) is -0.0301. The molecule has 0 radical (unpaired) electrons. The van der Waals surface area contributed by atoms with E-state index in [2.05, 4.69) is 0 Å². The summed E-state index contributed by atoms with van der Waals surface area (Å²) < 4.78 is 5.39. The van der Waals surface area contributed by atoms with E-state index in [4.69, 9.17) is 4.74 Å². The fourth-order valence-electron chi connectivity index (χ4n) is 2.33. The second-order valence-corrected chi connectivity index (χ2v) is 5.94.